The summed E-state index contributed by atoms with van der Waals surface area (Å²) in [6.07, 6.45) is 1.91. The van der Waals surface area contributed by atoms with E-state index in [4.69, 9.17) is 11.6 Å². The molecule has 0 atom stereocenters. The Kier molecular flexibility index (Phi) is 5.91. The maximum absolute atomic E-state index is 13.7. The quantitative estimate of drug-likeness (QED) is 0.670. The molecule has 1 saturated heterocycles. The maximum Gasteiger partial charge on any atom is 0.282 e. The van der Waals surface area contributed by atoms with E-state index in [2.05, 4.69) is 11.9 Å². The highest BCUT2D eigenvalue weighted by Gasteiger charge is 2.43. The lowest BCUT2D eigenvalue weighted by Crippen LogP contribution is -2.43. The molecule has 0 aliphatic carbocycles. The van der Waals surface area contributed by atoms with Crippen LogP contribution in [0.15, 0.2) is 48.2 Å². The molecule has 1 fully saturated rings. The minimum Gasteiger partial charge on any atom is -0.366 e. The zero-order chi connectivity index (χ0) is 22.3. The number of piperidine rings is 1. The normalized spacial score (nSPS) is 18.3. The van der Waals surface area contributed by atoms with Gasteiger partial charge in [-0.15, -0.1) is 0 Å². The molecular formula is C25H28ClN3O2. The third-order valence-corrected chi connectivity index (χ3v) is 6.78. The van der Waals surface area contributed by atoms with Crippen LogP contribution in [-0.4, -0.2) is 54.8 Å². The number of aryl methyl sites for hydroxylation is 2. The average molecular weight is 438 g/mol. The van der Waals surface area contributed by atoms with Gasteiger partial charge < -0.3 is 9.80 Å². The lowest BCUT2D eigenvalue weighted by molar-refractivity contribution is -0.120. The van der Waals surface area contributed by atoms with Crippen LogP contribution >= 0.6 is 11.6 Å². The second kappa shape index (κ2) is 8.48. The summed E-state index contributed by atoms with van der Waals surface area (Å²) in [6, 6.07) is 13.1. The molecule has 0 aromatic heterocycles. The first-order chi connectivity index (χ1) is 14.8. The van der Waals surface area contributed by atoms with Gasteiger partial charge in [-0.05, 0) is 87.8 Å². The van der Waals surface area contributed by atoms with E-state index in [9.17, 15) is 9.59 Å². The van der Waals surface area contributed by atoms with Crippen molar-refractivity contribution >= 4 is 34.7 Å². The number of nitrogens with zero attached hydrogens (tertiary/aromatic N) is 3. The molecule has 5 nitrogen and oxygen atoms in total. The summed E-state index contributed by atoms with van der Waals surface area (Å²) >= 11 is 6.08. The van der Waals surface area contributed by atoms with E-state index < -0.39 is 0 Å². The predicted molar refractivity (Wildman–Crippen MR) is 125 cm³/mol. The molecule has 0 N–H and O–H groups in total. The summed E-state index contributed by atoms with van der Waals surface area (Å²) in [7, 11) is 4.05. The van der Waals surface area contributed by atoms with Gasteiger partial charge in [0, 0.05) is 18.1 Å². The van der Waals surface area contributed by atoms with Gasteiger partial charge in [0.2, 0.25) is 0 Å². The zero-order valence-electron chi connectivity index (χ0n) is 18.5. The molecule has 0 radical (unpaired) electrons. The van der Waals surface area contributed by atoms with Gasteiger partial charge in [0.25, 0.3) is 11.8 Å². The van der Waals surface area contributed by atoms with E-state index in [-0.39, 0.29) is 17.9 Å². The Morgan fingerprint density at radius 2 is 1.58 bits per heavy atom. The lowest BCUT2D eigenvalue weighted by Gasteiger charge is -2.36. The number of rotatable bonds is 4. The van der Waals surface area contributed by atoms with Gasteiger partial charge in [0.1, 0.15) is 5.70 Å². The maximum atomic E-state index is 13.7. The SMILES string of the molecule is Cc1ccc(N2C(=O)C(c3ccc(Cl)cc3)=C(N(C)C3CCN(C)CC3)C2=O)cc1C. The number of amides is 2. The van der Waals surface area contributed by atoms with Crippen LogP contribution < -0.4 is 4.90 Å². The number of hydrogen-bond donors (Lipinski definition) is 0. The first-order valence-corrected chi connectivity index (χ1v) is 11.0. The van der Waals surface area contributed by atoms with Gasteiger partial charge in [-0.2, -0.15) is 0 Å². The monoisotopic (exact) mass is 437 g/mol. The van der Waals surface area contributed by atoms with Crippen LogP contribution in [0.3, 0.4) is 0 Å². The minimum absolute atomic E-state index is 0.213. The van der Waals surface area contributed by atoms with Gasteiger partial charge in [0.05, 0.1) is 11.3 Å². The number of hydrogen-bond acceptors (Lipinski definition) is 4. The third kappa shape index (κ3) is 4.00. The second-order valence-corrected chi connectivity index (χ2v) is 9.03. The molecule has 2 aromatic rings. The molecule has 0 saturated carbocycles. The van der Waals surface area contributed by atoms with Crippen molar-refractivity contribution in [3.05, 3.63) is 69.9 Å². The van der Waals surface area contributed by atoms with Crippen molar-refractivity contribution < 1.29 is 9.59 Å². The standard InChI is InChI=1S/C25H28ClN3O2/c1-16-5-10-21(15-17(16)2)29-24(30)22(18-6-8-19(26)9-7-18)23(25(29)31)28(4)20-11-13-27(3)14-12-20/h5-10,15,20H,11-14H2,1-4H3. The first kappa shape index (κ1) is 21.6. The van der Waals surface area contributed by atoms with Gasteiger partial charge in [-0.25, -0.2) is 4.90 Å². The highest BCUT2D eigenvalue weighted by Crippen LogP contribution is 2.36. The zero-order valence-corrected chi connectivity index (χ0v) is 19.2. The average Bonchev–Trinajstić information content (AvgIpc) is 3.01. The van der Waals surface area contributed by atoms with Crippen LogP contribution in [0.2, 0.25) is 5.02 Å². The van der Waals surface area contributed by atoms with Crippen molar-refractivity contribution in [1.82, 2.24) is 9.80 Å². The van der Waals surface area contributed by atoms with Gasteiger partial charge in [-0.3, -0.25) is 9.59 Å². The van der Waals surface area contributed by atoms with E-state index in [1.165, 1.54) is 4.90 Å². The number of carbonyl (C=O) groups excluding carboxylic acids is 2. The smallest absolute Gasteiger partial charge is 0.282 e. The molecule has 0 bridgehead atoms. The Labute approximate surface area is 188 Å². The topological polar surface area (TPSA) is 43.9 Å². The second-order valence-electron chi connectivity index (χ2n) is 8.59. The Morgan fingerprint density at radius 3 is 2.19 bits per heavy atom. The van der Waals surface area contributed by atoms with Crippen LogP contribution in [0.25, 0.3) is 5.57 Å². The van der Waals surface area contributed by atoms with Crippen LogP contribution in [0.1, 0.15) is 29.5 Å². The largest absolute Gasteiger partial charge is 0.366 e. The van der Waals surface area contributed by atoms with Crippen LogP contribution in [-0.2, 0) is 9.59 Å². The number of likely N-dealkylation sites (tertiary alicyclic amines) is 1. The molecular weight excluding hydrogens is 410 g/mol. The fraction of sp³-hybridized carbons (Fsp3) is 0.360. The Bertz CT molecular complexity index is 1050. The predicted octanol–water partition coefficient (Wildman–Crippen LogP) is 4.27. The first-order valence-electron chi connectivity index (χ1n) is 10.7. The Balaban J connectivity index is 1.79. The van der Waals surface area contributed by atoms with Crippen LogP contribution in [0, 0.1) is 13.8 Å². The number of benzene rings is 2. The fourth-order valence-corrected chi connectivity index (χ4v) is 4.51. The van der Waals surface area contributed by atoms with E-state index in [1.807, 2.05) is 56.1 Å². The van der Waals surface area contributed by atoms with Crippen molar-refractivity contribution in [3.63, 3.8) is 0 Å². The summed E-state index contributed by atoms with van der Waals surface area (Å²) in [4.78, 5) is 32.9. The van der Waals surface area contributed by atoms with Crippen molar-refractivity contribution in [3.8, 4) is 0 Å². The highest BCUT2D eigenvalue weighted by molar-refractivity contribution is 6.45. The number of halogens is 1. The van der Waals surface area contributed by atoms with Crippen molar-refractivity contribution in [1.29, 1.82) is 0 Å². The molecule has 6 heteroatoms. The molecule has 2 aromatic carbocycles. The fourth-order valence-electron chi connectivity index (χ4n) is 4.39. The summed E-state index contributed by atoms with van der Waals surface area (Å²) < 4.78 is 0. The minimum atomic E-state index is -0.287. The van der Waals surface area contributed by atoms with Crippen molar-refractivity contribution in [2.75, 3.05) is 32.1 Å². The molecule has 31 heavy (non-hydrogen) atoms. The molecule has 0 unspecified atom stereocenters. The third-order valence-electron chi connectivity index (χ3n) is 6.53. The molecule has 4 rings (SSSR count). The number of carbonyl (C=O) groups is 2. The van der Waals surface area contributed by atoms with E-state index in [1.54, 1.807) is 12.1 Å². The van der Waals surface area contributed by atoms with Crippen molar-refractivity contribution in [2.24, 2.45) is 0 Å². The molecule has 2 heterocycles. The van der Waals surface area contributed by atoms with Crippen molar-refractivity contribution in [2.45, 2.75) is 32.7 Å². The van der Waals surface area contributed by atoms with E-state index in [0.29, 0.717) is 27.5 Å². The highest BCUT2D eigenvalue weighted by atomic mass is 35.5. The summed E-state index contributed by atoms with van der Waals surface area (Å²) in [5.41, 5.74) is 4.40. The number of anilines is 1. The lowest BCUT2D eigenvalue weighted by atomic mass is 10.0. The van der Waals surface area contributed by atoms with Gasteiger partial charge in [-0.1, -0.05) is 29.8 Å². The summed E-state index contributed by atoms with van der Waals surface area (Å²) in [5.74, 6) is -0.551. The number of imide groups is 1. The molecule has 2 aliphatic rings. The molecule has 2 aliphatic heterocycles. The Morgan fingerprint density at radius 1 is 0.935 bits per heavy atom. The number of likely N-dealkylation sites (N-methyl/N-ethyl adjacent to an activating group) is 1. The van der Waals surface area contributed by atoms with Gasteiger partial charge in [0.15, 0.2) is 0 Å². The van der Waals surface area contributed by atoms with E-state index in [0.717, 1.165) is 37.1 Å². The van der Waals surface area contributed by atoms with Crippen LogP contribution in [0.5, 0.6) is 0 Å². The molecule has 2 amide bonds. The van der Waals surface area contributed by atoms with Gasteiger partial charge >= 0.3 is 0 Å². The Hall–Kier alpha value is -2.63. The van der Waals surface area contributed by atoms with Crippen LogP contribution in [0.4, 0.5) is 5.69 Å². The van der Waals surface area contributed by atoms with E-state index >= 15 is 0 Å². The molecule has 162 valence electrons. The summed E-state index contributed by atoms with van der Waals surface area (Å²) in [5, 5.41) is 0.595. The summed E-state index contributed by atoms with van der Waals surface area (Å²) in [6.45, 7) is 5.95. The molecule has 0 spiro atoms.